The Kier molecular flexibility index (Phi) is 19.7. The average Bonchev–Trinajstić information content (AvgIpc) is 1.62. The van der Waals surface area contributed by atoms with Gasteiger partial charge in [0, 0.05) is 12.1 Å². The van der Waals surface area contributed by atoms with Crippen molar-refractivity contribution in [1.29, 1.82) is 0 Å². The summed E-state index contributed by atoms with van der Waals surface area (Å²) in [6.45, 7) is 12.9. The zero-order chi connectivity index (χ0) is 8.57. The fourth-order valence-corrected chi connectivity index (χ4v) is 0.667. The van der Waals surface area contributed by atoms with Crippen molar-refractivity contribution in [3.8, 4) is 0 Å². The van der Waals surface area contributed by atoms with Crippen LogP contribution in [0.5, 0.6) is 0 Å². The minimum Gasteiger partial charge on any atom is -0.312 e. The van der Waals surface area contributed by atoms with E-state index in [2.05, 4.69) is 46.9 Å². The van der Waals surface area contributed by atoms with Crippen LogP contribution in [0, 0.1) is 0 Å². The van der Waals surface area contributed by atoms with Gasteiger partial charge in [-0.2, -0.15) is 0 Å². The van der Waals surface area contributed by atoms with Crippen molar-refractivity contribution in [2.45, 2.75) is 67.5 Å². The molecule has 11 heavy (non-hydrogen) atoms. The number of hydrogen-bond donors (Lipinski definition) is 1. The van der Waals surface area contributed by atoms with Gasteiger partial charge in [-0.25, -0.2) is 0 Å². The van der Waals surface area contributed by atoms with Gasteiger partial charge in [0.1, 0.15) is 0 Å². The molecule has 1 heteroatoms. The first-order valence-electron chi connectivity index (χ1n) is 4.30. The SMILES string of the molecule is C.CC(C)NC(C)C.CCC. The van der Waals surface area contributed by atoms with Crippen LogP contribution < -0.4 is 5.32 Å². The number of rotatable bonds is 2. The molecule has 72 valence electrons. The molecule has 0 aromatic carbocycles. The standard InChI is InChI=1S/C6H15N.C3H8.CH4/c1-5(2)7-6(3)4;1-3-2;/h5-7H,1-4H3;3H2,1-2H3;1H4. The topological polar surface area (TPSA) is 12.0 Å². The lowest BCUT2D eigenvalue weighted by Gasteiger charge is -2.10. The summed E-state index contributed by atoms with van der Waals surface area (Å²) in [5, 5.41) is 3.31. The highest BCUT2D eigenvalue weighted by atomic mass is 14.9. The molecule has 0 aliphatic rings. The highest BCUT2D eigenvalue weighted by Crippen LogP contribution is 1.80. The molecule has 0 aromatic heterocycles. The third kappa shape index (κ3) is 40.2. The Balaban J connectivity index is -0.000000140. The van der Waals surface area contributed by atoms with Crippen LogP contribution in [0.4, 0.5) is 0 Å². The molecule has 0 aromatic rings. The van der Waals surface area contributed by atoms with Gasteiger partial charge in [0.25, 0.3) is 0 Å². The maximum Gasteiger partial charge on any atom is 0.00127 e. The van der Waals surface area contributed by atoms with Crippen molar-refractivity contribution in [2.75, 3.05) is 0 Å². The van der Waals surface area contributed by atoms with Crippen LogP contribution in [0.1, 0.15) is 55.4 Å². The highest BCUT2D eigenvalue weighted by Gasteiger charge is 1.92. The molecule has 0 saturated heterocycles. The number of nitrogens with one attached hydrogen (secondary N) is 1. The quantitative estimate of drug-likeness (QED) is 0.654. The number of hydrogen-bond acceptors (Lipinski definition) is 1. The summed E-state index contributed by atoms with van der Waals surface area (Å²) in [7, 11) is 0. The second kappa shape index (κ2) is 12.6. The lowest BCUT2D eigenvalue weighted by Crippen LogP contribution is -2.29. The van der Waals surface area contributed by atoms with E-state index < -0.39 is 0 Å². The van der Waals surface area contributed by atoms with Gasteiger partial charge in [-0.1, -0.05) is 55.4 Å². The van der Waals surface area contributed by atoms with Crippen LogP contribution >= 0.6 is 0 Å². The summed E-state index contributed by atoms with van der Waals surface area (Å²) >= 11 is 0. The molecule has 1 N–H and O–H groups in total. The summed E-state index contributed by atoms with van der Waals surface area (Å²) in [5.41, 5.74) is 0. The van der Waals surface area contributed by atoms with Crippen LogP contribution in [0.25, 0.3) is 0 Å². The molecule has 0 fully saturated rings. The first kappa shape index (κ1) is 17.2. The first-order chi connectivity index (χ1) is 4.54. The Bertz CT molecular complexity index is 42.8. The maximum atomic E-state index is 3.31. The van der Waals surface area contributed by atoms with Crippen LogP contribution in [0.15, 0.2) is 0 Å². The van der Waals surface area contributed by atoms with E-state index in [1.165, 1.54) is 6.42 Å². The monoisotopic (exact) mass is 161 g/mol. The van der Waals surface area contributed by atoms with Crippen molar-refractivity contribution >= 4 is 0 Å². The lowest BCUT2D eigenvalue weighted by atomic mass is 10.3. The largest absolute Gasteiger partial charge is 0.312 e. The van der Waals surface area contributed by atoms with Crippen LogP contribution in [-0.2, 0) is 0 Å². The van der Waals surface area contributed by atoms with E-state index in [0.29, 0.717) is 12.1 Å². The molecule has 0 amide bonds. The summed E-state index contributed by atoms with van der Waals surface area (Å²) < 4.78 is 0. The molecular weight excluding hydrogens is 134 g/mol. The smallest absolute Gasteiger partial charge is 0.00127 e. The highest BCUT2D eigenvalue weighted by molar-refractivity contribution is 4.55. The van der Waals surface area contributed by atoms with E-state index in [9.17, 15) is 0 Å². The Labute approximate surface area is 73.6 Å². The summed E-state index contributed by atoms with van der Waals surface area (Å²) in [6, 6.07) is 1.25. The molecule has 0 aliphatic heterocycles. The molecule has 0 rings (SSSR count). The van der Waals surface area contributed by atoms with Gasteiger partial charge >= 0.3 is 0 Å². The minimum absolute atomic E-state index is 0. The molecule has 0 spiro atoms. The summed E-state index contributed by atoms with van der Waals surface area (Å²) in [4.78, 5) is 0. The van der Waals surface area contributed by atoms with Gasteiger partial charge in [-0.3, -0.25) is 0 Å². The Hall–Kier alpha value is -0.0400. The Morgan fingerprint density at radius 3 is 1.09 bits per heavy atom. The van der Waals surface area contributed by atoms with Crippen molar-refractivity contribution in [2.24, 2.45) is 0 Å². The van der Waals surface area contributed by atoms with Gasteiger partial charge in [0.15, 0.2) is 0 Å². The van der Waals surface area contributed by atoms with Gasteiger partial charge in [-0.05, 0) is 0 Å². The zero-order valence-corrected chi connectivity index (χ0v) is 8.36. The third-order valence-corrected chi connectivity index (χ3v) is 0.667. The van der Waals surface area contributed by atoms with E-state index in [1.807, 2.05) is 0 Å². The third-order valence-electron chi connectivity index (χ3n) is 0.667. The Morgan fingerprint density at radius 1 is 0.909 bits per heavy atom. The molecule has 0 bridgehead atoms. The van der Waals surface area contributed by atoms with Crippen LogP contribution in [0.3, 0.4) is 0 Å². The molecule has 0 saturated carbocycles. The van der Waals surface area contributed by atoms with Crippen LogP contribution in [0.2, 0.25) is 0 Å². The first-order valence-corrected chi connectivity index (χ1v) is 4.30. The fraction of sp³-hybridized carbons (Fsp3) is 1.00. The lowest BCUT2D eigenvalue weighted by molar-refractivity contribution is 0.518. The van der Waals surface area contributed by atoms with Gasteiger partial charge < -0.3 is 5.32 Å². The van der Waals surface area contributed by atoms with E-state index in [1.54, 1.807) is 0 Å². The van der Waals surface area contributed by atoms with Gasteiger partial charge in [-0.15, -0.1) is 0 Å². The second-order valence-corrected chi connectivity index (χ2v) is 3.18. The molecular formula is C10H27N. The minimum atomic E-state index is 0. The predicted molar refractivity (Wildman–Crippen MR) is 56.1 cm³/mol. The maximum absolute atomic E-state index is 3.31. The van der Waals surface area contributed by atoms with Crippen LogP contribution in [-0.4, -0.2) is 12.1 Å². The van der Waals surface area contributed by atoms with E-state index >= 15 is 0 Å². The molecule has 0 aliphatic carbocycles. The predicted octanol–water partition coefficient (Wildman–Crippen LogP) is 3.45. The van der Waals surface area contributed by atoms with E-state index in [0.717, 1.165) is 0 Å². The molecule has 0 heterocycles. The molecule has 0 unspecified atom stereocenters. The molecule has 0 atom stereocenters. The van der Waals surface area contributed by atoms with Crippen molar-refractivity contribution in [1.82, 2.24) is 5.32 Å². The summed E-state index contributed by atoms with van der Waals surface area (Å²) in [5.74, 6) is 0. The van der Waals surface area contributed by atoms with Gasteiger partial charge in [0.2, 0.25) is 0 Å². The summed E-state index contributed by atoms with van der Waals surface area (Å²) in [6.07, 6.45) is 1.25. The molecule has 0 radical (unpaired) electrons. The normalized spacial score (nSPS) is 8.73. The van der Waals surface area contributed by atoms with E-state index in [-0.39, 0.29) is 7.43 Å². The van der Waals surface area contributed by atoms with Crippen molar-refractivity contribution in [3.63, 3.8) is 0 Å². The zero-order valence-electron chi connectivity index (χ0n) is 8.36. The van der Waals surface area contributed by atoms with Crippen molar-refractivity contribution in [3.05, 3.63) is 0 Å². The van der Waals surface area contributed by atoms with E-state index in [4.69, 9.17) is 0 Å². The van der Waals surface area contributed by atoms with Crippen molar-refractivity contribution < 1.29 is 0 Å². The Morgan fingerprint density at radius 2 is 1.09 bits per heavy atom. The second-order valence-electron chi connectivity index (χ2n) is 3.18. The van der Waals surface area contributed by atoms with Gasteiger partial charge in [0.05, 0.1) is 0 Å². The molecule has 1 nitrogen and oxygen atoms in total. The average molecular weight is 161 g/mol. The fourth-order valence-electron chi connectivity index (χ4n) is 0.667.